The van der Waals surface area contributed by atoms with Crippen molar-refractivity contribution in [3.05, 3.63) is 35.9 Å². The second-order valence-electron chi connectivity index (χ2n) is 5.54. The van der Waals surface area contributed by atoms with Crippen LogP contribution in [0.15, 0.2) is 30.3 Å². The van der Waals surface area contributed by atoms with E-state index in [0.717, 1.165) is 24.8 Å². The number of amides is 1. The minimum Gasteiger partial charge on any atom is -0.365 e. The first-order valence-electron chi connectivity index (χ1n) is 7.33. The maximum Gasteiger partial charge on any atom is 0.254 e. The van der Waals surface area contributed by atoms with E-state index in [1.165, 1.54) is 0 Å². The van der Waals surface area contributed by atoms with Crippen molar-refractivity contribution < 1.29 is 9.53 Å². The summed E-state index contributed by atoms with van der Waals surface area (Å²) in [5, 5.41) is 0. The minimum atomic E-state index is -0.649. The van der Waals surface area contributed by atoms with Gasteiger partial charge in [0.15, 0.2) is 0 Å². The average Bonchev–Trinajstić information content (AvgIpc) is 2.92. The summed E-state index contributed by atoms with van der Waals surface area (Å²) in [5.41, 5.74) is 6.08. The molecule has 1 saturated heterocycles. The predicted octanol–water partition coefficient (Wildman–Crippen LogP) is 1.93. The van der Waals surface area contributed by atoms with Gasteiger partial charge in [0.1, 0.15) is 5.60 Å². The van der Waals surface area contributed by atoms with E-state index in [2.05, 4.69) is 0 Å². The van der Waals surface area contributed by atoms with Crippen molar-refractivity contribution in [3.8, 4) is 0 Å². The van der Waals surface area contributed by atoms with Crippen LogP contribution in [0, 0.1) is 0 Å². The highest BCUT2D eigenvalue weighted by atomic mass is 16.5. The van der Waals surface area contributed by atoms with Crippen molar-refractivity contribution in [2.24, 2.45) is 5.73 Å². The topological polar surface area (TPSA) is 55.6 Å². The highest BCUT2D eigenvalue weighted by molar-refractivity contribution is 5.85. The lowest BCUT2D eigenvalue weighted by Gasteiger charge is -2.31. The number of nitrogens with two attached hydrogens (primary N) is 1. The number of hydrogen-bond acceptors (Lipinski definition) is 3. The van der Waals surface area contributed by atoms with Gasteiger partial charge in [0.05, 0.1) is 0 Å². The van der Waals surface area contributed by atoms with E-state index in [1.54, 1.807) is 0 Å². The monoisotopic (exact) mass is 276 g/mol. The van der Waals surface area contributed by atoms with Crippen LogP contribution in [0.1, 0.15) is 31.7 Å². The Morgan fingerprint density at radius 2 is 2.15 bits per heavy atom. The molecule has 0 bridgehead atoms. The SMILES string of the molecule is CC1(C(=O)N(CCCN)Cc2ccccc2)CCCO1. The smallest absolute Gasteiger partial charge is 0.254 e. The Hall–Kier alpha value is -1.39. The van der Waals surface area contributed by atoms with Crippen LogP contribution >= 0.6 is 0 Å². The third-order valence-electron chi connectivity index (χ3n) is 3.81. The summed E-state index contributed by atoms with van der Waals surface area (Å²) in [6.07, 6.45) is 2.58. The maximum atomic E-state index is 12.7. The van der Waals surface area contributed by atoms with Gasteiger partial charge >= 0.3 is 0 Å². The van der Waals surface area contributed by atoms with E-state index in [4.69, 9.17) is 10.5 Å². The largest absolute Gasteiger partial charge is 0.365 e. The van der Waals surface area contributed by atoms with Crippen LogP contribution in [0.25, 0.3) is 0 Å². The van der Waals surface area contributed by atoms with E-state index in [9.17, 15) is 4.79 Å². The highest BCUT2D eigenvalue weighted by Crippen LogP contribution is 2.28. The van der Waals surface area contributed by atoms with Crippen LogP contribution in [-0.2, 0) is 16.1 Å². The molecule has 0 spiro atoms. The molecular weight excluding hydrogens is 252 g/mol. The normalized spacial score (nSPS) is 21.9. The molecule has 1 heterocycles. The highest BCUT2D eigenvalue weighted by Gasteiger charge is 2.40. The van der Waals surface area contributed by atoms with Gasteiger partial charge in [-0.05, 0) is 38.3 Å². The first-order chi connectivity index (χ1) is 9.65. The molecule has 4 nitrogen and oxygen atoms in total. The molecule has 0 radical (unpaired) electrons. The van der Waals surface area contributed by atoms with Gasteiger partial charge in [-0.15, -0.1) is 0 Å². The van der Waals surface area contributed by atoms with E-state index in [0.29, 0.717) is 26.2 Å². The molecule has 110 valence electrons. The lowest BCUT2D eigenvalue weighted by molar-refractivity contribution is -0.151. The maximum absolute atomic E-state index is 12.7. The summed E-state index contributed by atoms with van der Waals surface area (Å²) < 4.78 is 5.68. The molecule has 1 aliphatic rings. The molecule has 0 aliphatic carbocycles. The van der Waals surface area contributed by atoms with Gasteiger partial charge in [-0.2, -0.15) is 0 Å². The first-order valence-corrected chi connectivity index (χ1v) is 7.33. The van der Waals surface area contributed by atoms with Crippen molar-refractivity contribution in [3.63, 3.8) is 0 Å². The minimum absolute atomic E-state index is 0.0901. The van der Waals surface area contributed by atoms with E-state index < -0.39 is 5.60 Å². The fraction of sp³-hybridized carbons (Fsp3) is 0.562. The first kappa shape index (κ1) is 15.0. The van der Waals surface area contributed by atoms with E-state index in [1.807, 2.05) is 42.2 Å². The van der Waals surface area contributed by atoms with Crippen molar-refractivity contribution in [1.29, 1.82) is 0 Å². The molecule has 1 atom stereocenters. The van der Waals surface area contributed by atoms with Crippen LogP contribution in [0.4, 0.5) is 0 Å². The van der Waals surface area contributed by atoms with Crippen molar-refractivity contribution in [2.45, 2.75) is 38.3 Å². The number of benzene rings is 1. The molecule has 0 aromatic heterocycles. The summed E-state index contributed by atoms with van der Waals surface area (Å²) in [6, 6.07) is 10.1. The predicted molar refractivity (Wildman–Crippen MR) is 79.1 cm³/mol. The third-order valence-corrected chi connectivity index (χ3v) is 3.81. The quantitative estimate of drug-likeness (QED) is 0.864. The number of carbonyl (C=O) groups excluding carboxylic acids is 1. The van der Waals surface area contributed by atoms with Crippen LogP contribution in [0.5, 0.6) is 0 Å². The Kier molecular flexibility index (Phi) is 5.15. The van der Waals surface area contributed by atoms with Crippen LogP contribution in [0.3, 0.4) is 0 Å². The molecule has 1 fully saturated rings. The van der Waals surface area contributed by atoms with Crippen LogP contribution in [0.2, 0.25) is 0 Å². The molecule has 1 aliphatic heterocycles. The van der Waals surface area contributed by atoms with Crippen molar-refractivity contribution in [1.82, 2.24) is 4.90 Å². The number of hydrogen-bond donors (Lipinski definition) is 1. The van der Waals surface area contributed by atoms with Crippen LogP contribution < -0.4 is 5.73 Å². The Balaban J connectivity index is 2.08. The van der Waals surface area contributed by atoms with Gasteiger partial charge in [-0.25, -0.2) is 0 Å². The Morgan fingerprint density at radius 1 is 1.40 bits per heavy atom. The number of nitrogens with zero attached hydrogens (tertiary/aromatic N) is 1. The lowest BCUT2D eigenvalue weighted by atomic mass is 10.0. The Labute approximate surface area is 120 Å². The number of ether oxygens (including phenoxy) is 1. The van der Waals surface area contributed by atoms with Gasteiger partial charge in [0, 0.05) is 19.7 Å². The molecule has 0 saturated carbocycles. The van der Waals surface area contributed by atoms with Gasteiger partial charge in [-0.3, -0.25) is 4.79 Å². The van der Waals surface area contributed by atoms with Crippen LogP contribution in [-0.4, -0.2) is 36.1 Å². The molecule has 20 heavy (non-hydrogen) atoms. The third kappa shape index (κ3) is 3.58. The molecule has 1 unspecified atom stereocenters. The van der Waals surface area contributed by atoms with Gasteiger partial charge in [0.2, 0.25) is 0 Å². The Morgan fingerprint density at radius 3 is 2.75 bits per heavy atom. The molecule has 2 rings (SSSR count). The molecule has 1 aromatic carbocycles. The summed E-state index contributed by atoms with van der Waals surface area (Å²) in [4.78, 5) is 14.6. The summed E-state index contributed by atoms with van der Waals surface area (Å²) in [6.45, 7) is 4.49. The molecule has 4 heteroatoms. The van der Waals surface area contributed by atoms with Gasteiger partial charge in [-0.1, -0.05) is 30.3 Å². The average molecular weight is 276 g/mol. The summed E-state index contributed by atoms with van der Waals surface area (Å²) >= 11 is 0. The molecular formula is C16H24N2O2. The fourth-order valence-electron chi connectivity index (χ4n) is 2.62. The van der Waals surface area contributed by atoms with Crippen molar-refractivity contribution >= 4 is 5.91 Å². The number of carbonyl (C=O) groups is 1. The van der Waals surface area contributed by atoms with Crippen molar-refractivity contribution in [2.75, 3.05) is 19.7 Å². The second-order valence-corrected chi connectivity index (χ2v) is 5.54. The lowest BCUT2D eigenvalue weighted by Crippen LogP contribution is -2.47. The fourth-order valence-corrected chi connectivity index (χ4v) is 2.62. The molecule has 1 amide bonds. The summed E-state index contributed by atoms with van der Waals surface area (Å²) in [5.74, 6) is 0.0901. The number of rotatable bonds is 6. The molecule has 2 N–H and O–H groups in total. The zero-order chi connectivity index (χ0) is 14.4. The van der Waals surface area contributed by atoms with E-state index in [-0.39, 0.29) is 5.91 Å². The zero-order valence-electron chi connectivity index (χ0n) is 12.2. The van der Waals surface area contributed by atoms with Gasteiger partial charge in [0.25, 0.3) is 5.91 Å². The van der Waals surface area contributed by atoms with Gasteiger partial charge < -0.3 is 15.4 Å². The zero-order valence-corrected chi connectivity index (χ0v) is 12.2. The second kappa shape index (κ2) is 6.86. The summed E-state index contributed by atoms with van der Waals surface area (Å²) in [7, 11) is 0. The molecule has 1 aromatic rings. The van der Waals surface area contributed by atoms with E-state index >= 15 is 0 Å². The standard InChI is InChI=1S/C16H24N2O2/c1-16(9-5-12-20-16)15(19)18(11-6-10-17)13-14-7-3-2-4-8-14/h2-4,7-8H,5-6,9-13,17H2,1H3. The Bertz CT molecular complexity index is 427.